The van der Waals surface area contributed by atoms with Crippen molar-refractivity contribution in [2.75, 3.05) is 54.6 Å². The lowest BCUT2D eigenvalue weighted by Crippen LogP contribution is -2.34. The first-order valence-electron chi connectivity index (χ1n) is 13.7. The Bertz CT molecular complexity index is 937. The van der Waals surface area contributed by atoms with Crippen molar-refractivity contribution in [3.8, 4) is 0 Å². The lowest BCUT2D eigenvalue weighted by molar-refractivity contribution is -0.154. The van der Waals surface area contributed by atoms with Gasteiger partial charge in [0.25, 0.3) is 0 Å². The SMILES string of the molecule is C=C(C)C(=O)OCCOC(=O)C(CCCC(CC(Br)C(=O)N(C)C)C(=O)OCCOC(=O)C(=C)C)CC(Br)C(=O)N(C)C. The van der Waals surface area contributed by atoms with Crippen LogP contribution in [0.15, 0.2) is 24.3 Å². The quantitative estimate of drug-likeness (QED) is 0.0600. The Balaban J connectivity index is 5.47. The van der Waals surface area contributed by atoms with Gasteiger partial charge in [-0.2, -0.15) is 0 Å². The Morgan fingerprint density at radius 2 is 0.907 bits per heavy atom. The van der Waals surface area contributed by atoms with Crippen molar-refractivity contribution in [2.45, 2.75) is 55.6 Å². The molecular weight excluding hydrogens is 696 g/mol. The van der Waals surface area contributed by atoms with Crippen LogP contribution in [0.4, 0.5) is 0 Å². The van der Waals surface area contributed by atoms with Crippen LogP contribution < -0.4 is 0 Å². The maximum atomic E-state index is 13.0. The summed E-state index contributed by atoms with van der Waals surface area (Å²) in [4.78, 5) is 75.4. The van der Waals surface area contributed by atoms with Gasteiger partial charge in [-0.3, -0.25) is 19.2 Å². The van der Waals surface area contributed by atoms with Gasteiger partial charge in [0.05, 0.1) is 21.5 Å². The summed E-state index contributed by atoms with van der Waals surface area (Å²) in [7, 11) is 6.39. The van der Waals surface area contributed by atoms with Crippen molar-refractivity contribution in [2.24, 2.45) is 11.8 Å². The maximum Gasteiger partial charge on any atom is 0.333 e. The maximum absolute atomic E-state index is 13.0. The van der Waals surface area contributed by atoms with E-state index < -0.39 is 45.4 Å². The van der Waals surface area contributed by atoms with E-state index in [9.17, 15) is 28.8 Å². The molecule has 0 bridgehead atoms. The predicted octanol–water partition coefficient (Wildman–Crippen LogP) is 3.20. The number of alkyl halides is 2. The van der Waals surface area contributed by atoms with E-state index in [1.54, 1.807) is 28.2 Å². The molecule has 43 heavy (non-hydrogen) atoms. The van der Waals surface area contributed by atoms with Crippen molar-refractivity contribution < 1.29 is 47.7 Å². The Morgan fingerprint density at radius 3 is 1.19 bits per heavy atom. The summed E-state index contributed by atoms with van der Waals surface area (Å²) >= 11 is 6.70. The number of amides is 2. The average Bonchev–Trinajstić information content (AvgIpc) is 2.94. The average molecular weight is 740 g/mol. The van der Waals surface area contributed by atoms with Crippen molar-refractivity contribution in [1.29, 1.82) is 0 Å². The highest BCUT2D eigenvalue weighted by Gasteiger charge is 2.31. The zero-order valence-corrected chi connectivity index (χ0v) is 29.0. The molecule has 14 heteroatoms. The second kappa shape index (κ2) is 21.0. The molecule has 12 nitrogen and oxygen atoms in total. The monoisotopic (exact) mass is 738 g/mol. The van der Waals surface area contributed by atoms with Crippen LogP contribution in [0.5, 0.6) is 0 Å². The lowest BCUT2D eigenvalue weighted by Gasteiger charge is -2.23. The molecule has 0 rings (SSSR count). The minimum absolute atomic E-state index is 0.130. The van der Waals surface area contributed by atoms with E-state index in [0.29, 0.717) is 6.42 Å². The largest absolute Gasteiger partial charge is 0.462 e. The molecule has 0 aliphatic carbocycles. The molecule has 0 heterocycles. The molecule has 0 spiro atoms. The number of ether oxygens (including phenoxy) is 4. The number of hydrogen-bond donors (Lipinski definition) is 0. The summed E-state index contributed by atoms with van der Waals surface area (Å²) in [5, 5.41) is 0. The molecule has 4 unspecified atom stereocenters. The zero-order chi connectivity index (χ0) is 33.3. The Hall–Kier alpha value is -2.74. The van der Waals surface area contributed by atoms with E-state index >= 15 is 0 Å². The molecule has 0 N–H and O–H groups in total. The lowest BCUT2D eigenvalue weighted by atomic mass is 9.91. The molecule has 0 aliphatic rings. The van der Waals surface area contributed by atoms with Crippen molar-refractivity contribution in [1.82, 2.24) is 9.80 Å². The van der Waals surface area contributed by atoms with Crippen LogP contribution in [0.2, 0.25) is 0 Å². The normalized spacial score (nSPS) is 13.4. The third-order valence-corrected chi connectivity index (χ3v) is 7.52. The molecule has 0 aliphatic heterocycles. The number of carbonyl (C=O) groups is 6. The van der Waals surface area contributed by atoms with E-state index in [1.807, 2.05) is 0 Å². The standard InChI is InChI=1S/C29H44Br2N2O10/c1-18(2)26(36)40-12-14-42-28(38)20(16-22(30)24(34)32(5)6)10-9-11-21(17-23(31)25(35)33(7)8)29(39)43-15-13-41-27(37)19(3)4/h20-23H,1,3,9-17H2,2,4-8H3. The van der Waals surface area contributed by atoms with E-state index in [1.165, 1.54) is 23.6 Å². The van der Waals surface area contributed by atoms with Crippen LogP contribution in [0.25, 0.3) is 0 Å². The van der Waals surface area contributed by atoms with Crippen LogP contribution in [-0.2, 0) is 47.7 Å². The second-order valence-electron chi connectivity index (χ2n) is 10.4. The summed E-state index contributed by atoms with van der Waals surface area (Å²) < 4.78 is 20.5. The summed E-state index contributed by atoms with van der Waals surface area (Å²) in [6.07, 6.45) is 1.15. The van der Waals surface area contributed by atoms with Gasteiger partial charge in [-0.25, -0.2) is 9.59 Å². The van der Waals surface area contributed by atoms with Crippen LogP contribution in [-0.4, -0.2) is 110 Å². The molecule has 244 valence electrons. The van der Waals surface area contributed by atoms with E-state index in [4.69, 9.17) is 18.9 Å². The number of nitrogens with zero attached hydrogens (tertiary/aromatic N) is 2. The first-order valence-corrected chi connectivity index (χ1v) is 15.5. The van der Waals surface area contributed by atoms with E-state index in [2.05, 4.69) is 45.0 Å². The molecule has 0 aromatic carbocycles. The third-order valence-electron chi connectivity index (χ3n) is 5.99. The van der Waals surface area contributed by atoms with Gasteiger partial charge in [0.2, 0.25) is 11.8 Å². The number of halogens is 2. The molecule has 0 fully saturated rings. The van der Waals surface area contributed by atoms with Gasteiger partial charge in [-0.15, -0.1) is 0 Å². The minimum atomic E-state index is -0.716. The highest BCUT2D eigenvalue weighted by Crippen LogP contribution is 2.26. The first kappa shape index (κ1) is 40.3. The van der Waals surface area contributed by atoms with Gasteiger partial charge in [0.1, 0.15) is 26.4 Å². The summed E-state index contributed by atoms with van der Waals surface area (Å²) in [6.45, 7) is 9.32. The van der Waals surface area contributed by atoms with E-state index in [-0.39, 0.29) is 75.1 Å². The fourth-order valence-corrected chi connectivity index (χ4v) is 5.29. The highest BCUT2D eigenvalue weighted by atomic mass is 79.9. The molecule has 2 amide bonds. The number of carbonyl (C=O) groups excluding carboxylic acids is 6. The highest BCUT2D eigenvalue weighted by molar-refractivity contribution is 9.10. The van der Waals surface area contributed by atoms with Gasteiger partial charge < -0.3 is 28.7 Å². The fraction of sp³-hybridized carbons (Fsp3) is 0.655. The topological polar surface area (TPSA) is 146 Å². The summed E-state index contributed by atoms with van der Waals surface area (Å²) in [6, 6.07) is 0. The Kier molecular flexibility index (Phi) is 19.7. The molecule has 4 atom stereocenters. The van der Waals surface area contributed by atoms with Crippen molar-refractivity contribution >= 4 is 67.6 Å². The Morgan fingerprint density at radius 1 is 0.605 bits per heavy atom. The molecular formula is C29H44Br2N2O10. The van der Waals surface area contributed by atoms with Crippen molar-refractivity contribution in [3.63, 3.8) is 0 Å². The van der Waals surface area contributed by atoms with E-state index in [0.717, 1.165) is 0 Å². The minimum Gasteiger partial charge on any atom is -0.462 e. The molecule has 0 aromatic rings. The zero-order valence-electron chi connectivity index (χ0n) is 25.8. The van der Waals surface area contributed by atoms with Crippen LogP contribution in [0, 0.1) is 11.8 Å². The van der Waals surface area contributed by atoms with Crippen LogP contribution in [0.3, 0.4) is 0 Å². The van der Waals surface area contributed by atoms with Crippen LogP contribution in [0.1, 0.15) is 46.0 Å². The molecule has 0 aromatic heterocycles. The van der Waals surface area contributed by atoms with Crippen LogP contribution >= 0.6 is 31.9 Å². The second-order valence-corrected chi connectivity index (χ2v) is 12.6. The summed E-state index contributed by atoms with van der Waals surface area (Å²) in [5.74, 6) is -4.26. The predicted molar refractivity (Wildman–Crippen MR) is 166 cm³/mol. The summed E-state index contributed by atoms with van der Waals surface area (Å²) in [5.41, 5.74) is 0.431. The number of rotatable bonds is 20. The fourth-order valence-electron chi connectivity index (χ4n) is 3.57. The van der Waals surface area contributed by atoms with Gasteiger partial charge in [-0.05, 0) is 39.5 Å². The first-order chi connectivity index (χ1) is 20.0. The number of hydrogen-bond acceptors (Lipinski definition) is 10. The molecule has 0 saturated carbocycles. The molecule has 0 saturated heterocycles. The van der Waals surface area contributed by atoms with Gasteiger partial charge in [0.15, 0.2) is 0 Å². The molecule has 0 radical (unpaired) electrons. The van der Waals surface area contributed by atoms with Gasteiger partial charge in [0, 0.05) is 39.3 Å². The smallest absolute Gasteiger partial charge is 0.333 e. The Labute approximate surface area is 270 Å². The van der Waals surface area contributed by atoms with Gasteiger partial charge >= 0.3 is 23.9 Å². The number of esters is 4. The van der Waals surface area contributed by atoms with Crippen molar-refractivity contribution in [3.05, 3.63) is 24.3 Å². The van der Waals surface area contributed by atoms with Gasteiger partial charge in [-0.1, -0.05) is 51.4 Å². The third kappa shape index (κ3) is 16.6.